The van der Waals surface area contributed by atoms with Crippen LogP contribution in [0.15, 0.2) is 9.98 Å². The molecular weight excluding hydrogens is 352 g/mol. The summed E-state index contributed by atoms with van der Waals surface area (Å²) in [5, 5.41) is 11.4. The van der Waals surface area contributed by atoms with Crippen molar-refractivity contribution < 1.29 is 24.2 Å². The van der Waals surface area contributed by atoms with E-state index in [-0.39, 0.29) is 39.1 Å². The monoisotopic (exact) mass is 392 g/mol. The number of nitrogens with zero attached hydrogens (tertiary/aromatic N) is 3. The van der Waals surface area contributed by atoms with Gasteiger partial charge in [-0.1, -0.05) is 21.8 Å². The summed E-state index contributed by atoms with van der Waals surface area (Å²) in [6, 6.07) is 0. The molecule has 162 valence electrons. The summed E-state index contributed by atoms with van der Waals surface area (Å²) >= 11 is 0. The topological polar surface area (TPSA) is 155 Å². The first-order valence-electron chi connectivity index (χ1n) is 8.01. The normalized spacial score (nSPS) is 11.2. The smallest absolute Gasteiger partial charge is 0.296 e. The van der Waals surface area contributed by atoms with Gasteiger partial charge in [0.25, 0.3) is 5.97 Å². The van der Waals surface area contributed by atoms with Gasteiger partial charge in [0.05, 0.1) is 27.7 Å². The first-order valence-corrected chi connectivity index (χ1v) is 8.01. The van der Waals surface area contributed by atoms with Crippen molar-refractivity contribution in [2.45, 2.75) is 48.0 Å². The maximum Gasteiger partial charge on any atom is 0.296 e. The molecule has 0 rings (SSSR count). The average molecular weight is 393 g/mol. The van der Waals surface area contributed by atoms with Crippen molar-refractivity contribution in [3.8, 4) is 0 Å². The van der Waals surface area contributed by atoms with Gasteiger partial charge < -0.3 is 26.1 Å². The maximum absolute atomic E-state index is 11.1. The summed E-state index contributed by atoms with van der Waals surface area (Å²) in [5.74, 6) is -0.407. The van der Waals surface area contributed by atoms with Crippen molar-refractivity contribution in [3.05, 3.63) is 0 Å². The number of ketones is 1. The molecule has 27 heavy (non-hydrogen) atoms. The zero-order valence-corrected chi connectivity index (χ0v) is 15.9. The van der Waals surface area contributed by atoms with Gasteiger partial charge in [0, 0.05) is 19.9 Å². The third-order valence-electron chi connectivity index (χ3n) is 2.71. The molecular formula is C17H40N6O4. The zero-order valence-electron chi connectivity index (χ0n) is 15.9. The minimum absolute atomic E-state index is 0. The average Bonchev–Trinajstić information content (AvgIpc) is 2.51. The number of unbranched alkanes of at least 4 members (excludes halogenated alkanes) is 1. The number of aliphatic imine (C=N–C) groups is 2. The van der Waals surface area contributed by atoms with Crippen molar-refractivity contribution in [3.63, 3.8) is 0 Å². The van der Waals surface area contributed by atoms with Crippen LogP contribution in [0.2, 0.25) is 0 Å². The molecule has 0 atom stereocenters. The fourth-order valence-corrected chi connectivity index (χ4v) is 1.39. The number of hydrogen-bond donors (Lipinski definition) is 3. The van der Waals surface area contributed by atoms with E-state index in [1.54, 1.807) is 6.92 Å². The Morgan fingerprint density at radius 3 is 1.96 bits per heavy atom. The van der Waals surface area contributed by atoms with Gasteiger partial charge in [0.2, 0.25) is 0 Å². The second-order valence-corrected chi connectivity index (χ2v) is 6.28. The van der Waals surface area contributed by atoms with E-state index in [0.29, 0.717) is 13.0 Å². The van der Waals surface area contributed by atoms with Gasteiger partial charge in [-0.15, -0.1) is 0 Å². The lowest BCUT2D eigenvalue weighted by Crippen LogP contribution is -2.42. The maximum atomic E-state index is 11.1. The van der Waals surface area contributed by atoms with Crippen molar-refractivity contribution in [1.29, 1.82) is 0 Å². The van der Waals surface area contributed by atoms with Gasteiger partial charge in [-0.3, -0.25) is 19.9 Å². The number of Topliss-reactive ketones (excluding diaryl/α,β-unsaturated/α-hetero) is 1. The number of carbonyl (C=O) groups is 2. The molecule has 0 aromatic carbocycles. The number of hydrogen-bond acceptors (Lipinski definition) is 6. The second-order valence-electron chi connectivity index (χ2n) is 6.28. The molecule has 0 aromatic heterocycles. The van der Waals surface area contributed by atoms with Crippen molar-refractivity contribution in [1.82, 2.24) is 5.32 Å². The molecule has 0 amide bonds. The van der Waals surface area contributed by atoms with Crippen LogP contribution in [-0.2, 0) is 14.5 Å². The summed E-state index contributed by atoms with van der Waals surface area (Å²) < 4.78 is 0.947. The van der Waals surface area contributed by atoms with E-state index in [2.05, 4.69) is 41.3 Å². The molecule has 0 radical (unpaired) electrons. The van der Waals surface area contributed by atoms with E-state index in [9.17, 15) is 9.59 Å². The Bertz CT molecular complexity index is 459. The van der Waals surface area contributed by atoms with Crippen LogP contribution in [0.1, 0.15) is 48.0 Å². The van der Waals surface area contributed by atoms with Gasteiger partial charge in [-0.25, -0.2) is 4.99 Å². The van der Waals surface area contributed by atoms with Gasteiger partial charge in [0.15, 0.2) is 17.7 Å². The van der Waals surface area contributed by atoms with Crippen molar-refractivity contribution in [2.75, 3.05) is 40.8 Å². The summed E-state index contributed by atoms with van der Waals surface area (Å²) in [7, 11) is 6.48. The minimum Gasteiger partial charge on any atom is -0.662 e. The molecule has 0 saturated heterocycles. The van der Waals surface area contributed by atoms with Crippen LogP contribution >= 0.6 is 0 Å². The lowest BCUT2D eigenvalue weighted by atomic mass is 10.3. The lowest BCUT2D eigenvalue weighted by Gasteiger charge is -2.23. The highest BCUT2D eigenvalue weighted by Crippen LogP contribution is 1.97. The summed E-state index contributed by atoms with van der Waals surface area (Å²) in [6.07, 6.45) is 2.52. The largest absolute Gasteiger partial charge is 0.662 e. The summed E-state index contributed by atoms with van der Waals surface area (Å²) in [5.41, 5.74) is 11.3. The molecule has 0 aliphatic heterocycles. The zero-order chi connectivity index (χ0) is 19.9. The molecule has 10 nitrogen and oxygen atoms in total. The molecule has 5 N–H and O–H groups in total. The Morgan fingerprint density at radius 1 is 1.07 bits per heavy atom. The molecule has 0 heterocycles. The van der Waals surface area contributed by atoms with E-state index in [0.717, 1.165) is 30.8 Å². The number of quaternary nitrogens is 1. The second kappa shape index (κ2) is 18.6. The van der Waals surface area contributed by atoms with Crippen molar-refractivity contribution >= 4 is 23.7 Å². The van der Waals surface area contributed by atoms with Crippen LogP contribution in [-0.4, -0.2) is 68.9 Å². The van der Waals surface area contributed by atoms with Crippen LogP contribution in [0.3, 0.4) is 0 Å². The Morgan fingerprint density at radius 2 is 1.56 bits per heavy atom. The van der Waals surface area contributed by atoms with E-state index in [1.165, 1.54) is 0 Å². The van der Waals surface area contributed by atoms with Gasteiger partial charge >= 0.3 is 0 Å². The summed E-state index contributed by atoms with van der Waals surface area (Å²) in [4.78, 5) is 31.3. The Balaban J connectivity index is -0.000000333. The highest BCUT2D eigenvalue weighted by atomic mass is 17.1. The van der Waals surface area contributed by atoms with E-state index in [1.807, 2.05) is 0 Å². The van der Waals surface area contributed by atoms with Crippen LogP contribution in [0.4, 0.5) is 0 Å². The quantitative estimate of drug-likeness (QED) is 0.129. The van der Waals surface area contributed by atoms with Crippen LogP contribution in [0, 0.1) is 0 Å². The first kappa shape index (κ1) is 32.5. The van der Waals surface area contributed by atoms with Gasteiger partial charge in [-0.05, 0) is 12.8 Å². The highest BCUT2D eigenvalue weighted by molar-refractivity contribution is 5.97. The highest BCUT2D eigenvalue weighted by Gasteiger charge is 2.05. The number of guanidine groups is 2. The van der Waals surface area contributed by atoms with Gasteiger partial charge in [-0.2, -0.15) is 0 Å². The number of rotatable bonds is 8. The molecule has 0 aromatic rings. The van der Waals surface area contributed by atoms with Crippen LogP contribution in [0.25, 0.3) is 0 Å². The predicted octanol–water partition coefficient (Wildman–Crippen LogP) is -0.232. The molecule has 0 unspecified atom stereocenters. The number of nitrogens with one attached hydrogen (secondary N) is 1. The molecule has 0 spiro atoms. The van der Waals surface area contributed by atoms with Gasteiger partial charge in [0.1, 0.15) is 6.54 Å². The summed E-state index contributed by atoms with van der Waals surface area (Å²) in [6.45, 7) is 4.66. The Kier molecular flexibility index (Phi) is 22.4. The predicted molar refractivity (Wildman–Crippen MR) is 109 cm³/mol. The third-order valence-corrected chi connectivity index (χ3v) is 2.71. The SMILES string of the molecule is C.C.CC(=O)O[O-].CCC(=O)CN=C(N)NC(N)=NCCCC[N+](C)(C)C. The van der Waals surface area contributed by atoms with E-state index >= 15 is 0 Å². The lowest BCUT2D eigenvalue weighted by molar-refractivity contribution is -0.870. The molecule has 0 saturated carbocycles. The van der Waals surface area contributed by atoms with E-state index in [4.69, 9.17) is 16.7 Å². The van der Waals surface area contributed by atoms with Crippen molar-refractivity contribution in [2.24, 2.45) is 21.5 Å². The molecule has 0 fully saturated rings. The van der Waals surface area contributed by atoms with Crippen LogP contribution in [0.5, 0.6) is 0 Å². The molecule has 0 bridgehead atoms. The Hall–Kier alpha value is -2.20. The molecule has 0 aliphatic rings. The minimum atomic E-state index is -0.801. The first-order chi connectivity index (χ1) is 11.5. The number of nitrogens with two attached hydrogens (primary N) is 2. The Labute approximate surface area is 164 Å². The standard InChI is InChI=1S/C13H29N6O.C2H4O3.2CH4/c1-5-11(20)10-17-13(15)18-12(14)16-8-6-7-9-19(2,3)4;1-2(3)5-4;;/h5-10H2,1-4H3,(H5,14,15,16,17,18);4H,1H3;2*1H4/q+1;;;/p-1. The van der Waals surface area contributed by atoms with Crippen LogP contribution < -0.4 is 22.0 Å². The number of carbonyl (C=O) groups excluding carboxylic acids is 2. The fourth-order valence-electron chi connectivity index (χ4n) is 1.39. The fraction of sp³-hybridized carbons (Fsp3) is 0.765. The van der Waals surface area contributed by atoms with E-state index < -0.39 is 5.97 Å². The third kappa shape index (κ3) is 28.9. The molecule has 10 heteroatoms. The molecule has 0 aliphatic carbocycles.